The average molecular weight is 307 g/mol. The van der Waals surface area contributed by atoms with Crippen molar-refractivity contribution in [2.45, 2.75) is 13.5 Å². The zero-order valence-electron chi connectivity index (χ0n) is 13.0. The van der Waals surface area contributed by atoms with Crippen LogP contribution in [0.1, 0.15) is 21.5 Å². The molecule has 0 aliphatic carbocycles. The maximum absolute atomic E-state index is 12.4. The molecule has 0 spiro atoms. The molecule has 0 fully saturated rings. The van der Waals surface area contributed by atoms with Crippen LogP contribution in [-0.2, 0) is 6.54 Å². The Labute approximate surface area is 133 Å². The van der Waals surface area contributed by atoms with Crippen molar-refractivity contribution < 1.29 is 4.79 Å². The summed E-state index contributed by atoms with van der Waals surface area (Å²) in [5.74, 6) is -0.165. The minimum Gasteiger partial charge on any atom is -0.337 e. The molecular weight excluding hydrogens is 290 g/mol. The predicted molar refractivity (Wildman–Crippen MR) is 89.3 cm³/mol. The summed E-state index contributed by atoms with van der Waals surface area (Å²) in [6, 6.07) is 11.1. The zero-order chi connectivity index (χ0) is 16.4. The van der Waals surface area contributed by atoms with Gasteiger partial charge in [-0.3, -0.25) is 14.6 Å². The Morgan fingerprint density at radius 1 is 1.26 bits per heavy atom. The van der Waals surface area contributed by atoms with Gasteiger partial charge in [0.2, 0.25) is 0 Å². The van der Waals surface area contributed by atoms with Crippen molar-refractivity contribution in [3.63, 3.8) is 0 Å². The van der Waals surface area contributed by atoms with E-state index in [1.807, 2.05) is 31.2 Å². The van der Waals surface area contributed by atoms with Crippen LogP contribution in [-0.4, -0.2) is 27.8 Å². The molecular formula is C18H17N3O2. The first-order chi connectivity index (χ1) is 11.1. The molecule has 0 atom stereocenters. The van der Waals surface area contributed by atoms with Crippen molar-refractivity contribution in [2.75, 3.05) is 7.05 Å². The third kappa shape index (κ3) is 2.99. The van der Waals surface area contributed by atoms with Crippen molar-refractivity contribution in [1.29, 1.82) is 0 Å². The maximum Gasteiger partial charge on any atom is 0.255 e. The van der Waals surface area contributed by atoms with Crippen molar-refractivity contribution >= 4 is 16.8 Å². The molecule has 0 bridgehead atoms. The van der Waals surface area contributed by atoms with E-state index in [-0.39, 0.29) is 18.0 Å². The van der Waals surface area contributed by atoms with Gasteiger partial charge in [-0.05, 0) is 36.1 Å². The van der Waals surface area contributed by atoms with E-state index < -0.39 is 0 Å². The number of hydrogen-bond donors (Lipinski definition) is 1. The van der Waals surface area contributed by atoms with E-state index in [0.717, 1.165) is 16.5 Å². The highest BCUT2D eigenvalue weighted by Crippen LogP contribution is 2.16. The highest BCUT2D eigenvalue weighted by atomic mass is 16.2. The quantitative estimate of drug-likeness (QED) is 0.808. The van der Waals surface area contributed by atoms with Crippen LogP contribution in [0.5, 0.6) is 0 Å². The predicted octanol–water partition coefficient (Wildman–Crippen LogP) is 2.50. The number of rotatable bonds is 3. The second kappa shape index (κ2) is 6.04. The zero-order valence-corrected chi connectivity index (χ0v) is 13.0. The van der Waals surface area contributed by atoms with Gasteiger partial charge < -0.3 is 9.88 Å². The Morgan fingerprint density at radius 2 is 2.09 bits per heavy atom. The molecule has 0 radical (unpaired) electrons. The molecule has 116 valence electrons. The van der Waals surface area contributed by atoms with Gasteiger partial charge in [-0.2, -0.15) is 0 Å². The average Bonchev–Trinajstić information content (AvgIpc) is 2.56. The second-order valence-corrected chi connectivity index (χ2v) is 5.57. The maximum atomic E-state index is 12.4. The van der Waals surface area contributed by atoms with E-state index in [2.05, 4.69) is 9.97 Å². The smallest absolute Gasteiger partial charge is 0.255 e. The molecule has 1 aromatic carbocycles. The number of amides is 1. The number of carbonyl (C=O) groups is 1. The summed E-state index contributed by atoms with van der Waals surface area (Å²) in [5, 5.41) is 0.960. The van der Waals surface area contributed by atoms with Crippen LogP contribution in [0.2, 0.25) is 0 Å². The standard InChI is InChI=1S/C18H17N3O2/c1-12-5-3-6-13-9-15(17(22)20-16(12)13)11-21(2)18(23)14-7-4-8-19-10-14/h3-10H,11H2,1-2H3,(H,20,22). The minimum atomic E-state index is -0.169. The summed E-state index contributed by atoms with van der Waals surface area (Å²) in [5.41, 5.74) is 2.75. The number of carbonyl (C=O) groups excluding carboxylic acids is 1. The van der Waals surface area contributed by atoms with Crippen molar-refractivity contribution in [2.24, 2.45) is 0 Å². The summed E-state index contributed by atoms with van der Waals surface area (Å²) >= 11 is 0. The number of aromatic nitrogens is 2. The van der Waals surface area contributed by atoms with Crippen LogP contribution in [0.25, 0.3) is 10.9 Å². The summed E-state index contributed by atoms with van der Waals surface area (Å²) in [4.78, 5) is 33.0. The largest absolute Gasteiger partial charge is 0.337 e. The topological polar surface area (TPSA) is 66.1 Å². The highest BCUT2D eigenvalue weighted by Gasteiger charge is 2.14. The lowest BCUT2D eigenvalue weighted by Crippen LogP contribution is -2.29. The van der Waals surface area contributed by atoms with Gasteiger partial charge in [-0.25, -0.2) is 0 Å². The van der Waals surface area contributed by atoms with E-state index in [4.69, 9.17) is 0 Å². The molecule has 2 heterocycles. The van der Waals surface area contributed by atoms with E-state index in [0.29, 0.717) is 11.1 Å². The van der Waals surface area contributed by atoms with Crippen LogP contribution in [0.3, 0.4) is 0 Å². The number of fused-ring (bicyclic) bond motifs is 1. The Balaban J connectivity index is 1.91. The third-order valence-corrected chi connectivity index (χ3v) is 3.83. The van der Waals surface area contributed by atoms with Crippen molar-refractivity contribution in [1.82, 2.24) is 14.9 Å². The number of aryl methyl sites for hydroxylation is 1. The Morgan fingerprint density at radius 3 is 2.83 bits per heavy atom. The normalized spacial score (nSPS) is 10.7. The molecule has 0 aliphatic heterocycles. The number of H-pyrrole nitrogens is 1. The number of para-hydroxylation sites is 1. The molecule has 3 aromatic rings. The molecule has 0 aliphatic rings. The van der Waals surface area contributed by atoms with Crippen LogP contribution in [0.4, 0.5) is 0 Å². The molecule has 0 saturated heterocycles. The fourth-order valence-electron chi connectivity index (χ4n) is 2.58. The minimum absolute atomic E-state index is 0.165. The van der Waals surface area contributed by atoms with Gasteiger partial charge in [-0.15, -0.1) is 0 Å². The fourth-order valence-corrected chi connectivity index (χ4v) is 2.58. The van der Waals surface area contributed by atoms with Crippen LogP contribution in [0, 0.1) is 6.92 Å². The number of pyridine rings is 2. The molecule has 2 aromatic heterocycles. The van der Waals surface area contributed by atoms with Gasteiger partial charge in [-0.1, -0.05) is 18.2 Å². The number of hydrogen-bond acceptors (Lipinski definition) is 3. The van der Waals surface area contributed by atoms with E-state index in [1.54, 1.807) is 25.4 Å². The molecule has 23 heavy (non-hydrogen) atoms. The molecule has 0 unspecified atom stereocenters. The van der Waals surface area contributed by atoms with Gasteiger partial charge in [0.05, 0.1) is 17.6 Å². The first-order valence-electron chi connectivity index (χ1n) is 7.33. The molecule has 1 amide bonds. The van der Waals surface area contributed by atoms with Crippen LogP contribution >= 0.6 is 0 Å². The Bertz CT molecular complexity index is 916. The van der Waals surface area contributed by atoms with Gasteiger partial charge in [0.25, 0.3) is 11.5 Å². The number of nitrogens with one attached hydrogen (secondary N) is 1. The SMILES string of the molecule is Cc1cccc2cc(CN(C)C(=O)c3cccnc3)c(=O)[nH]c12. The summed E-state index contributed by atoms with van der Waals surface area (Å²) < 4.78 is 0. The summed E-state index contributed by atoms with van der Waals surface area (Å²) in [6.45, 7) is 2.20. The first-order valence-corrected chi connectivity index (χ1v) is 7.33. The summed E-state index contributed by atoms with van der Waals surface area (Å²) in [7, 11) is 1.68. The lowest BCUT2D eigenvalue weighted by Gasteiger charge is -2.17. The highest BCUT2D eigenvalue weighted by molar-refractivity contribution is 5.93. The second-order valence-electron chi connectivity index (χ2n) is 5.57. The lowest BCUT2D eigenvalue weighted by atomic mass is 10.1. The van der Waals surface area contributed by atoms with Crippen LogP contribution in [0.15, 0.2) is 53.6 Å². The van der Waals surface area contributed by atoms with Gasteiger partial charge in [0.1, 0.15) is 0 Å². The Hall–Kier alpha value is -2.95. The molecule has 5 heteroatoms. The van der Waals surface area contributed by atoms with E-state index >= 15 is 0 Å². The monoisotopic (exact) mass is 307 g/mol. The molecule has 0 saturated carbocycles. The molecule has 5 nitrogen and oxygen atoms in total. The number of benzene rings is 1. The molecule has 3 rings (SSSR count). The van der Waals surface area contributed by atoms with Crippen molar-refractivity contribution in [3.05, 3.63) is 75.8 Å². The van der Waals surface area contributed by atoms with Gasteiger partial charge in [0.15, 0.2) is 0 Å². The molecule has 1 N–H and O–H groups in total. The third-order valence-electron chi connectivity index (χ3n) is 3.83. The summed E-state index contributed by atoms with van der Waals surface area (Å²) in [6.07, 6.45) is 3.14. The van der Waals surface area contributed by atoms with Gasteiger partial charge in [0, 0.05) is 25.0 Å². The van der Waals surface area contributed by atoms with Crippen LogP contribution < -0.4 is 5.56 Å². The first kappa shape index (κ1) is 15.0. The lowest BCUT2D eigenvalue weighted by molar-refractivity contribution is 0.0784. The number of aromatic amines is 1. The van der Waals surface area contributed by atoms with E-state index in [9.17, 15) is 9.59 Å². The van der Waals surface area contributed by atoms with Crippen molar-refractivity contribution in [3.8, 4) is 0 Å². The fraction of sp³-hybridized carbons (Fsp3) is 0.167. The van der Waals surface area contributed by atoms with E-state index in [1.165, 1.54) is 11.1 Å². The number of nitrogens with zero attached hydrogens (tertiary/aromatic N) is 2. The van der Waals surface area contributed by atoms with Gasteiger partial charge >= 0.3 is 0 Å². The Kier molecular flexibility index (Phi) is 3.93.